The highest BCUT2D eigenvalue weighted by Gasteiger charge is 2.31. The molecule has 0 bridgehead atoms. The van der Waals surface area contributed by atoms with Crippen LogP contribution in [0.3, 0.4) is 0 Å². The molecule has 28 heavy (non-hydrogen) atoms. The SMILES string of the molecule is FC(F)(F)Oc1ccc(CN2CC[C@H](c3nnc(-c4ccccc4)o3)C2)cc1. The van der Waals surface area contributed by atoms with Crippen LogP contribution in [0.25, 0.3) is 11.5 Å². The van der Waals surface area contributed by atoms with Crippen LogP contribution in [-0.4, -0.2) is 34.5 Å². The summed E-state index contributed by atoms with van der Waals surface area (Å²) in [6.07, 6.45) is -3.78. The Hall–Kier alpha value is -2.87. The van der Waals surface area contributed by atoms with Gasteiger partial charge in [0.05, 0.1) is 5.92 Å². The van der Waals surface area contributed by atoms with E-state index in [9.17, 15) is 13.2 Å². The quantitative estimate of drug-likeness (QED) is 0.637. The fraction of sp³-hybridized carbons (Fsp3) is 0.300. The van der Waals surface area contributed by atoms with Gasteiger partial charge in [0.15, 0.2) is 0 Å². The number of halogens is 3. The zero-order valence-corrected chi connectivity index (χ0v) is 14.9. The zero-order chi connectivity index (χ0) is 19.6. The van der Waals surface area contributed by atoms with Crippen LogP contribution in [0.5, 0.6) is 5.75 Å². The summed E-state index contributed by atoms with van der Waals surface area (Å²) in [6.45, 7) is 2.26. The smallest absolute Gasteiger partial charge is 0.420 e. The minimum absolute atomic E-state index is 0.151. The zero-order valence-electron chi connectivity index (χ0n) is 14.9. The molecule has 8 heteroatoms. The molecular formula is C20H18F3N3O2. The molecule has 1 aromatic heterocycles. The van der Waals surface area contributed by atoms with Gasteiger partial charge in [-0.2, -0.15) is 0 Å². The third-order valence-electron chi connectivity index (χ3n) is 4.65. The first-order valence-corrected chi connectivity index (χ1v) is 8.92. The number of rotatable bonds is 5. The van der Waals surface area contributed by atoms with Gasteiger partial charge in [-0.1, -0.05) is 30.3 Å². The second-order valence-corrected chi connectivity index (χ2v) is 6.72. The Labute approximate surface area is 159 Å². The Balaban J connectivity index is 1.35. The van der Waals surface area contributed by atoms with Crippen LogP contribution in [0.2, 0.25) is 0 Å². The lowest BCUT2D eigenvalue weighted by Gasteiger charge is -2.16. The Morgan fingerprint density at radius 1 is 1.04 bits per heavy atom. The van der Waals surface area contributed by atoms with Gasteiger partial charge < -0.3 is 9.15 Å². The first-order chi connectivity index (χ1) is 13.5. The summed E-state index contributed by atoms with van der Waals surface area (Å²) in [6, 6.07) is 15.6. The van der Waals surface area contributed by atoms with Crippen molar-refractivity contribution in [3.8, 4) is 17.2 Å². The van der Waals surface area contributed by atoms with E-state index in [1.165, 1.54) is 12.1 Å². The van der Waals surface area contributed by atoms with Gasteiger partial charge in [0.1, 0.15) is 5.75 Å². The number of aromatic nitrogens is 2. The highest BCUT2D eigenvalue weighted by atomic mass is 19.4. The Morgan fingerprint density at radius 2 is 1.79 bits per heavy atom. The van der Waals surface area contributed by atoms with E-state index in [0.29, 0.717) is 18.3 Å². The van der Waals surface area contributed by atoms with Gasteiger partial charge in [0, 0.05) is 18.7 Å². The maximum atomic E-state index is 12.2. The van der Waals surface area contributed by atoms with Gasteiger partial charge in [-0.25, -0.2) is 0 Å². The number of nitrogens with zero attached hydrogens (tertiary/aromatic N) is 3. The van der Waals surface area contributed by atoms with Crippen molar-refractivity contribution in [2.24, 2.45) is 0 Å². The molecule has 1 aliphatic heterocycles. The van der Waals surface area contributed by atoms with Crippen molar-refractivity contribution >= 4 is 0 Å². The minimum atomic E-state index is -4.67. The lowest BCUT2D eigenvalue weighted by atomic mass is 10.1. The molecule has 5 nitrogen and oxygen atoms in total. The van der Waals surface area contributed by atoms with Crippen molar-refractivity contribution in [3.05, 3.63) is 66.1 Å². The minimum Gasteiger partial charge on any atom is -0.420 e. The summed E-state index contributed by atoms with van der Waals surface area (Å²) in [5, 5.41) is 8.33. The van der Waals surface area contributed by atoms with Crippen molar-refractivity contribution in [2.45, 2.75) is 25.2 Å². The average Bonchev–Trinajstić information content (AvgIpc) is 3.32. The first-order valence-electron chi connectivity index (χ1n) is 8.92. The van der Waals surface area contributed by atoms with Gasteiger partial charge in [0.2, 0.25) is 11.8 Å². The van der Waals surface area contributed by atoms with Crippen molar-refractivity contribution < 1.29 is 22.3 Å². The molecule has 0 unspecified atom stereocenters. The summed E-state index contributed by atoms with van der Waals surface area (Å²) in [5.74, 6) is 1.07. The summed E-state index contributed by atoms with van der Waals surface area (Å²) >= 11 is 0. The largest absolute Gasteiger partial charge is 0.573 e. The maximum Gasteiger partial charge on any atom is 0.573 e. The second-order valence-electron chi connectivity index (χ2n) is 6.72. The number of benzene rings is 2. The number of hydrogen-bond donors (Lipinski definition) is 0. The molecule has 0 saturated carbocycles. The van der Waals surface area contributed by atoms with E-state index < -0.39 is 6.36 Å². The summed E-state index contributed by atoms with van der Waals surface area (Å²) in [4.78, 5) is 2.22. The van der Waals surface area contributed by atoms with Crippen molar-refractivity contribution in [2.75, 3.05) is 13.1 Å². The van der Waals surface area contributed by atoms with Gasteiger partial charge in [-0.15, -0.1) is 23.4 Å². The molecule has 0 radical (unpaired) electrons. The molecule has 4 rings (SSSR count). The van der Waals surface area contributed by atoms with Crippen LogP contribution in [0.1, 0.15) is 23.8 Å². The fourth-order valence-electron chi connectivity index (χ4n) is 3.33. The number of likely N-dealkylation sites (tertiary alicyclic amines) is 1. The molecule has 1 saturated heterocycles. The molecule has 146 valence electrons. The Kier molecular flexibility index (Phi) is 5.04. The second kappa shape index (κ2) is 7.63. The molecule has 0 amide bonds. The van der Waals surface area contributed by atoms with E-state index >= 15 is 0 Å². The molecule has 1 aliphatic rings. The normalized spacial score (nSPS) is 17.8. The molecule has 0 aliphatic carbocycles. The predicted octanol–water partition coefficient (Wildman–Crippen LogP) is 4.62. The average molecular weight is 389 g/mol. The summed E-state index contributed by atoms with van der Waals surface area (Å²) < 4.78 is 46.4. The third-order valence-corrected chi connectivity index (χ3v) is 4.65. The van der Waals surface area contributed by atoms with Crippen LogP contribution in [-0.2, 0) is 6.54 Å². The van der Waals surface area contributed by atoms with E-state index in [4.69, 9.17) is 4.42 Å². The topological polar surface area (TPSA) is 51.4 Å². The highest BCUT2D eigenvalue weighted by Crippen LogP contribution is 2.30. The molecule has 2 aromatic carbocycles. The van der Waals surface area contributed by atoms with E-state index in [1.807, 2.05) is 30.3 Å². The molecule has 1 atom stereocenters. The molecular weight excluding hydrogens is 371 g/mol. The summed E-state index contributed by atoms with van der Waals surface area (Å²) in [7, 11) is 0. The number of alkyl halides is 3. The Bertz CT molecular complexity index is 910. The summed E-state index contributed by atoms with van der Waals surface area (Å²) in [5.41, 5.74) is 1.81. The predicted molar refractivity (Wildman–Crippen MR) is 95.5 cm³/mol. The lowest BCUT2D eigenvalue weighted by Crippen LogP contribution is -2.20. The van der Waals surface area contributed by atoms with Gasteiger partial charge in [-0.05, 0) is 42.8 Å². The van der Waals surface area contributed by atoms with Crippen molar-refractivity contribution in [1.82, 2.24) is 15.1 Å². The number of ether oxygens (including phenoxy) is 1. The Morgan fingerprint density at radius 3 is 2.50 bits per heavy atom. The first kappa shape index (κ1) is 18.5. The van der Waals surface area contributed by atoms with E-state index in [2.05, 4.69) is 19.8 Å². The van der Waals surface area contributed by atoms with Gasteiger partial charge >= 0.3 is 6.36 Å². The third kappa shape index (κ3) is 4.51. The molecule has 0 spiro atoms. The molecule has 0 N–H and O–H groups in total. The lowest BCUT2D eigenvalue weighted by molar-refractivity contribution is -0.274. The molecule has 1 fully saturated rings. The van der Waals surface area contributed by atoms with Crippen LogP contribution in [0.15, 0.2) is 59.0 Å². The van der Waals surface area contributed by atoms with Crippen molar-refractivity contribution in [3.63, 3.8) is 0 Å². The molecule has 3 aromatic rings. The number of hydrogen-bond acceptors (Lipinski definition) is 5. The van der Waals surface area contributed by atoms with Gasteiger partial charge in [-0.3, -0.25) is 4.90 Å². The van der Waals surface area contributed by atoms with Crippen LogP contribution >= 0.6 is 0 Å². The van der Waals surface area contributed by atoms with E-state index in [1.54, 1.807) is 12.1 Å². The molecule has 2 heterocycles. The van der Waals surface area contributed by atoms with Crippen LogP contribution < -0.4 is 4.74 Å². The highest BCUT2D eigenvalue weighted by molar-refractivity contribution is 5.51. The van der Waals surface area contributed by atoms with Gasteiger partial charge in [0.25, 0.3) is 0 Å². The van der Waals surface area contributed by atoms with Crippen molar-refractivity contribution in [1.29, 1.82) is 0 Å². The van der Waals surface area contributed by atoms with E-state index in [-0.39, 0.29) is 11.7 Å². The maximum absolute atomic E-state index is 12.2. The fourth-order valence-corrected chi connectivity index (χ4v) is 3.33. The monoisotopic (exact) mass is 389 g/mol. The van der Waals surface area contributed by atoms with Crippen LogP contribution in [0, 0.1) is 0 Å². The van der Waals surface area contributed by atoms with Crippen LogP contribution in [0.4, 0.5) is 13.2 Å². The standard InChI is InChI=1S/C20H18F3N3O2/c21-20(22,23)28-17-8-6-14(7-9-17)12-26-11-10-16(13-26)19-25-24-18(27-19)15-4-2-1-3-5-15/h1-9,16H,10-13H2/t16-/m0/s1. The van der Waals surface area contributed by atoms with E-state index in [0.717, 1.165) is 30.6 Å².